The molecule has 5 nitrogen and oxygen atoms in total. The molecule has 0 spiro atoms. The molecular weight excluding hydrogens is 211 g/mol. The summed E-state index contributed by atoms with van der Waals surface area (Å²) in [7, 11) is 0. The molecule has 0 saturated carbocycles. The Morgan fingerprint density at radius 2 is 1.50 bits per heavy atom. The third kappa shape index (κ3) is 101. The minimum absolute atomic E-state index is 0. The van der Waals surface area contributed by atoms with Crippen molar-refractivity contribution in [3.63, 3.8) is 0 Å². The molecule has 82 valence electrons. The minimum atomic E-state index is -1.21. The number of rotatable bonds is 1. The van der Waals surface area contributed by atoms with Gasteiger partial charge in [0, 0.05) is 0 Å². The molecule has 6 heteroatoms. The molecule has 0 radical (unpaired) electrons. The molecule has 0 atom stereocenters. The van der Waals surface area contributed by atoms with Crippen molar-refractivity contribution in [3.05, 3.63) is 22.3 Å². The van der Waals surface area contributed by atoms with Crippen molar-refractivity contribution in [2.45, 2.75) is 6.92 Å². The summed E-state index contributed by atoms with van der Waals surface area (Å²) in [5, 5.41) is 7.69. The molecule has 0 saturated heterocycles. The molecule has 0 aliphatic rings. The van der Waals surface area contributed by atoms with Gasteiger partial charge in [-0.1, -0.05) is 0 Å². The second-order valence-electron chi connectivity index (χ2n) is 0.699. The zero-order valence-corrected chi connectivity index (χ0v) is 8.85. The monoisotopic (exact) mass is 230 g/mol. The van der Waals surface area contributed by atoms with Gasteiger partial charge in [-0.15, -0.1) is 0 Å². The largest absolute Gasteiger partial charge is 3.00 e. The molecule has 0 heterocycles. The normalized spacial score (nSPS) is 3.75. The van der Waals surface area contributed by atoms with Gasteiger partial charge in [0.2, 0.25) is 0 Å². The van der Waals surface area contributed by atoms with E-state index in [9.17, 15) is 4.79 Å². The van der Waals surface area contributed by atoms with Gasteiger partial charge in [0.25, 0.3) is 0 Å². The van der Waals surface area contributed by atoms with Crippen molar-refractivity contribution in [2.24, 2.45) is 0 Å². The van der Waals surface area contributed by atoms with Crippen molar-refractivity contribution in [2.75, 3.05) is 6.61 Å². The fourth-order valence-corrected chi connectivity index (χ4v) is 0.123. The fourth-order valence-electron chi connectivity index (χ4n) is 0.123. The average Bonchev–Trinajstić information content (AvgIpc) is 1.35. The predicted molar refractivity (Wildman–Crippen MR) is 46.1 cm³/mol. The molecule has 0 aliphatic carbocycles. The Labute approximate surface area is 84.9 Å². The van der Waals surface area contributed by atoms with Crippen molar-refractivity contribution in [1.29, 1.82) is 0 Å². The van der Waals surface area contributed by atoms with Crippen LogP contribution in [0.1, 0.15) is 6.92 Å². The Kier molecular flexibility index (Phi) is 231. The molecular formula is C6H19CoO5. The van der Waals surface area contributed by atoms with Crippen LogP contribution in [-0.2, 0) is 21.5 Å². The maximum absolute atomic E-state index is 9.38. The maximum Gasteiger partial charge on any atom is 3.00 e. The first-order chi connectivity index (χ1) is 2.77. The second kappa shape index (κ2) is 45.6. The van der Waals surface area contributed by atoms with Crippen molar-refractivity contribution >= 4 is 6.16 Å². The van der Waals surface area contributed by atoms with Crippen LogP contribution in [0.5, 0.6) is 0 Å². The topological polar surface area (TPSA) is 110 Å². The first-order valence-corrected chi connectivity index (χ1v) is 1.63. The molecule has 0 rings (SSSR count). The summed E-state index contributed by atoms with van der Waals surface area (Å²) in [4.78, 5) is 9.38. The smallest absolute Gasteiger partial charge is 0.450 e. The van der Waals surface area contributed by atoms with E-state index < -0.39 is 6.16 Å². The van der Waals surface area contributed by atoms with E-state index in [1.165, 1.54) is 0 Å². The van der Waals surface area contributed by atoms with Crippen LogP contribution in [0.2, 0.25) is 0 Å². The number of hydrogen-bond acceptors (Lipinski definition) is 2. The maximum atomic E-state index is 9.38. The molecule has 0 bridgehead atoms. The average molecular weight is 230 g/mol. The Hall–Kier alpha value is -0.304. The summed E-state index contributed by atoms with van der Waals surface area (Å²) < 4.78 is 3.96. The predicted octanol–water partition coefficient (Wildman–Crippen LogP) is 0.400. The fraction of sp³-hybridized carbons (Fsp3) is 0.333. The number of ether oxygens (including phenoxy) is 1. The van der Waals surface area contributed by atoms with Gasteiger partial charge in [-0.25, -0.2) is 4.79 Å². The summed E-state index contributed by atoms with van der Waals surface area (Å²) in [5.74, 6) is 0. The van der Waals surface area contributed by atoms with Gasteiger partial charge in [0.05, 0.1) is 6.61 Å². The minimum Gasteiger partial charge on any atom is -0.450 e. The van der Waals surface area contributed by atoms with Crippen LogP contribution in [-0.4, -0.2) is 28.8 Å². The summed E-state index contributed by atoms with van der Waals surface area (Å²) in [6, 6.07) is 0. The van der Waals surface area contributed by atoms with Crippen LogP contribution in [0.3, 0.4) is 0 Å². The standard InChI is InChI=1S/C3H6O3.3CH3.Co.2H2O/c1-2-6-3(4)5;;;;;;/h2H2,1H3,(H,4,5);3*1H3;;2*1H2/q;3*-1;+3;;. The molecule has 0 aliphatic heterocycles. The van der Waals surface area contributed by atoms with E-state index in [0.29, 0.717) is 0 Å². The number of hydrogen-bond donors (Lipinski definition) is 1. The molecule has 0 amide bonds. The van der Waals surface area contributed by atoms with Gasteiger partial charge in [-0.2, -0.15) is 0 Å². The zero-order chi connectivity index (χ0) is 4.99. The van der Waals surface area contributed by atoms with E-state index in [4.69, 9.17) is 5.11 Å². The van der Waals surface area contributed by atoms with Gasteiger partial charge in [0.15, 0.2) is 0 Å². The van der Waals surface area contributed by atoms with Gasteiger partial charge in [-0.3, -0.25) is 0 Å². The first kappa shape index (κ1) is 60.7. The Morgan fingerprint density at radius 1 is 1.25 bits per heavy atom. The van der Waals surface area contributed by atoms with Gasteiger partial charge in [0.1, 0.15) is 0 Å². The Morgan fingerprint density at radius 3 is 1.50 bits per heavy atom. The molecule has 0 aromatic carbocycles. The Bertz CT molecular complexity index is 59.9. The van der Waals surface area contributed by atoms with Crippen LogP contribution in [0.4, 0.5) is 4.79 Å². The van der Waals surface area contributed by atoms with Crippen molar-refractivity contribution in [3.8, 4) is 0 Å². The van der Waals surface area contributed by atoms with Crippen molar-refractivity contribution < 1.29 is 42.4 Å². The van der Waals surface area contributed by atoms with E-state index in [1.54, 1.807) is 6.92 Å². The van der Waals surface area contributed by atoms with Crippen LogP contribution < -0.4 is 0 Å². The second-order valence-corrected chi connectivity index (χ2v) is 0.699. The van der Waals surface area contributed by atoms with Crippen LogP contribution >= 0.6 is 0 Å². The zero-order valence-electron chi connectivity index (χ0n) is 7.80. The first-order valence-electron chi connectivity index (χ1n) is 1.63. The van der Waals surface area contributed by atoms with Crippen LogP contribution in [0.25, 0.3) is 0 Å². The molecule has 12 heavy (non-hydrogen) atoms. The summed E-state index contributed by atoms with van der Waals surface area (Å²) in [6.07, 6.45) is -1.21. The molecule has 0 aromatic heterocycles. The number of carboxylic acid groups (broad SMARTS) is 1. The third-order valence-electron chi connectivity index (χ3n) is 0.268. The van der Waals surface area contributed by atoms with E-state index in [2.05, 4.69) is 4.74 Å². The Balaban J connectivity index is -0.00000000833. The van der Waals surface area contributed by atoms with E-state index in [-0.39, 0.29) is 56.6 Å². The number of carbonyl (C=O) groups is 1. The van der Waals surface area contributed by atoms with Crippen LogP contribution in [0, 0.1) is 22.3 Å². The molecule has 0 aromatic rings. The van der Waals surface area contributed by atoms with Crippen LogP contribution in [0.15, 0.2) is 0 Å². The quantitative estimate of drug-likeness (QED) is 0.519. The van der Waals surface area contributed by atoms with E-state index in [1.807, 2.05) is 0 Å². The van der Waals surface area contributed by atoms with E-state index >= 15 is 0 Å². The summed E-state index contributed by atoms with van der Waals surface area (Å²) in [6.45, 7) is 1.85. The van der Waals surface area contributed by atoms with Crippen molar-refractivity contribution in [1.82, 2.24) is 0 Å². The van der Waals surface area contributed by atoms with Gasteiger partial charge < -0.3 is 43.1 Å². The molecule has 0 unspecified atom stereocenters. The third-order valence-corrected chi connectivity index (χ3v) is 0.268. The van der Waals surface area contributed by atoms with E-state index in [0.717, 1.165) is 0 Å². The van der Waals surface area contributed by atoms with Gasteiger partial charge >= 0.3 is 22.9 Å². The van der Waals surface area contributed by atoms with Gasteiger partial charge in [-0.05, 0) is 6.92 Å². The molecule has 5 N–H and O–H groups in total. The molecule has 0 fully saturated rings. The summed E-state index contributed by atoms with van der Waals surface area (Å²) in [5.41, 5.74) is 0. The SMILES string of the molecule is CCOC(=O)O.O.O.[CH3-].[CH3-].[CH3-].[Co+3]. The summed E-state index contributed by atoms with van der Waals surface area (Å²) >= 11 is 0.